The van der Waals surface area contributed by atoms with E-state index in [-0.39, 0.29) is 12.5 Å². The Bertz CT molecular complexity index is 1350. The van der Waals surface area contributed by atoms with Gasteiger partial charge in [0.1, 0.15) is 0 Å². The summed E-state index contributed by atoms with van der Waals surface area (Å²) >= 11 is 5.26. The van der Waals surface area contributed by atoms with E-state index in [4.69, 9.17) is 9.47 Å². The van der Waals surface area contributed by atoms with Gasteiger partial charge in [-0.2, -0.15) is 4.68 Å². The van der Waals surface area contributed by atoms with Crippen LogP contribution < -0.4 is 20.1 Å². The van der Waals surface area contributed by atoms with E-state index in [1.165, 1.54) is 0 Å². The number of carbonyl (C=O) groups is 1. The number of tetrazole rings is 1. The molecule has 204 valence electrons. The maximum atomic E-state index is 12.4. The molecule has 0 saturated heterocycles. The van der Waals surface area contributed by atoms with Crippen LogP contribution in [0.4, 0.5) is 5.69 Å². The Morgan fingerprint density at radius 1 is 1.05 bits per heavy atom. The van der Waals surface area contributed by atoms with Crippen LogP contribution >= 0.6 is 27.7 Å². The molecule has 0 bridgehead atoms. The van der Waals surface area contributed by atoms with Crippen molar-refractivity contribution >= 4 is 39.3 Å². The lowest BCUT2D eigenvalue weighted by Crippen LogP contribution is -2.20. The molecule has 1 heterocycles. The fraction of sp³-hybridized carbons (Fsp3) is 0.286. The van der Waals surface area contributed by atoms with Gasteiger partial charge in [-0.25, -0.2) is 0 Å². The summed E-state index contributed by atoms with van der Waals surface area (Å²) < 4.78 is 14.2. The Morgan fingerprint density at radius 3 is 2.59 bits per heavy atom. The van der Waals surface area contributed by atoms with Gasteiger partial charge < -0.3 is 20.1 Å². The molecule has 3 aromatic carbocycles. The third-order valence-corrected chi connectivity index (χ3v) is 7.34. The number of hydrogen-bond acceptors (Lipinski definition) is 8. The summed E-state index contributed by atoms with van der Waals surface area (Å²) in [5.41, 5.74) is 3.84. The first-order chi connectivity index (χ1) is 19.0. The molecule has 0 atom stereocenters. The van der Waals surface area contributed by atoms with Crippen molar-refractivity contribution in [1.82, 2.24) is 25.5 Å². The number of aromatic nitrogens is 4. The molecule has 0 aliphatic carbocycles. The number of hydrogen-bond donors (Lipinski definition) is 2. The van der Waals surface area contributed by atoms with E-state index in [0.29, 0.717) is 24.7 Å². The topological polar surface area (TPSA) is 103 Å². The number of aryl methyl sites for hydroxylation is 1. The first kappa shape index (κ1) is 28.6. The molecule has 9 nitrogen and oxygen atoms in total. The number of halogens is 1. The van der Waals surface area contributed by atoms with Crippen molar-refractivity contribution in [3.8, 4) is 17.2 Å². The smallest absolute Gasteiger partial charge is 0.262 e. The molecule has 0 fully saturated rings. The molecule has 0 aliphatic heterocycles. The van der Waals surface area contributed by atoms with Crippen molar-refractivity contribution in [2.24, 2.45) is 0 Å². The molecule has 4 rings (SSSR count). The summed E-state index contributed by atoms with van der Waals surface area (Å²) in [6, 6.07) is 21.3. The zero-order valence-electron chi connectivity index (χ0n) is 21.9. The minimum absolute atomic E-state index is 0.122. The van der Waals surface area contributed by atoms with E-state index in [1.54, 1.807) is 16.4 Å². The number of ether oxygens (including phenoxy) is 2. The van der Waals surface area contributed by atoms with Gasteiger partial charge in [-0.3, -0.25) is 4.79 Å². The largest absolute Gasteiger partial charge is 0.490 e. The number of carbonyl (C=O) groups excluding carboxylic acids is 1. The zero-order chi connectivity index (χ0) is 27.5. The van der Waals surface area contributed by atoms with Crippen LogP contribution in [-0.4, -0.2) is 51.6 Å². The van der Waals surface area contributed by atoms with E-state index in [0.717, 1.165) is 50.8 Å². The van der Waals surface area contributed by atoms with Crippen LogP contribution in [0.3, 0.4) is 0 Å². The Labute approximate surface area is 240 Å². The third kappa shape index (κ3) is 8.54. The summed E-state index contributed by atoms with van der Waals surface area (Å²) in [4.78, 5) is 12.4. The van der Waals surface area contributed by atoms with Gasteiger partial charge in [-0.05, 0) is 79.2 Å². The van der Waals surface area contributed by atoms with Crippen molar-refractivity contribution in [2.45, 2.75) is 32.0 Å². The number of rotatable bonds is 14. The number of para-hydroxylation sites is 1. The second-order valence-corrected chi connectivity index (χ2v) is 10.5. The molecule has 4 aromatic rings. The second kappa shape index (κ2) is 14.7. The summed E-state index contributed by atoms with van der Waals surface area (Å²) in [6.45, 7) is 5.76. The lowest BCUT2D eigenvalue weighted by Gasteiger charge is -2.15. The Balaban J connectivity index is 1.24. The van der Waals surface area contributed by atoms with Crippen molar-refractivity contribution in [3.63, 3.8) is 0 Å². The highest BCUT2D eigenvalue weighted by Crippen LogP contribution is 2.34. The molecule has 0 spiro atoms. The molecule has 1 aromatic heterocycles. The second-order valence-electron chi connectivity index (χ2n) is 8.61. The Kier molecular flexibility index (Phi) is 10.8. The highest BCUT2D eigenvalue weighted by Gasteiger charge is 2.13. The first-order valence-corrected chi connectivity index (χ1v) is 14.4. The summed E-state index contributed by atoms with van der Waals surface area (Å²) in [5, 5.41) is 19.1. The lowest BCUT2D eigenvalue weighted by molar-refractivity contribution is -0.118. The molecule has 0 saturated carbocycles. The van der Waals surface area contributed by atoms with Gasteiger partial charge in [-0.15, -0.1) is 5.10 Å². The van der Waals surface area contributed by atoms with Crippen molar-refractivity contribution in [1.29, 1.82) is 0 Å². The van der Waals surface area contributed by atoms with Crippen LogP contribution in [0.2, 0.25) is 0 Å². The number of nitrogens with one attached hydrogen (secondary N) is 2. The van der Waals surface area contributed by atoms with Gasteiger partial charge in [0.2, 0.25) is 5.16 Å². The first-order valence-electron chi connectivity index (χ1n) is 12.7. The van der Waals surface area contributed by atoms with Gasteiger partial charge in [-0.1, -0.05) is 63.6 Å². The van der Waals surface area contributed by atoms with Crippen molar-refractivity contribution < 1.29 is 14.3 Å². The lowest BCUT2D eigenvalue weighted by atomic mass is 10.2. The van der Waals surface area contributed by atoms with Crippen LogP contribution in [0.1, 0.15) is 24.5 Å². The minimum Gasteiger partial charge on any atom is -0.490 e. The van der Waals surface area contributed by atoms with Gasteiger partial charge in [0.05, 0.1) is 12.3 Å². The summed E-state index contributed by atoms with van der Waals surface area (Å²) in [5.74, 6) is 1.75. The number of nitrogens with zero attached hydrogens (tertiary/aromatic N) is 4. The van der Waals surface area contributed by atoms with E-state index in [9.17, 15) is 4.79 Å². The molecule has 0 aliphatic rings. The predicted octanol–water partition coefficient (Wildman–Crippen LogP) is 5.42. The predicted molar refractivity (Wildman–Crippen MR) is 157 cm³/mol. The van der Waals surface area contributed by atoms with Gasteiger partial charge >= 0.3 is 0 Å². The molecule has 1 amide bonds. The van der Waals surface area contributed by atoms with E-state index >= 15 is 0 Å². The molecular weight excluding hydrogens is 580 g/mol. The average molecular weight is 612 g/mol. The molecule has 0 unspecified atom stereocenters. The molecular formula is C28H31BrN6O3S. The SMILES string of the molecule is CCOc1cc(CNCCCSc2nnnn2-c2ccccc2)c(Br)cc1OCC(=O)Nc1ccc(C)cc1. The fourth-order valence-electron chi connectivity index (χ4n) is 3.65. The average Bonchev–Trinajstić information content (AvgIpc) is 3.41. The number of anilines is 1. The van der Waals surface area contributed by atoms with E-state index in [1.807, 2.05) is 80.6 Å². The molecule has 2 N–H and O–H groups in total. The fourth-order valence-corrected chi connectivity index (χ4v) is 4.95. The number of amides is 1. The number of benzene rings is 3. The van der Waals surface area contributed by atoms with E-state index < -0.39 is 0 Å². The summed E-state index contributed by atoms with van der Waals surface area (Å²) in [6.07, 6.45) is 0.944. The third-order valence-electron chi connectivity index (χ3n) is 5.59. The molecule has 39 heavy (non-hydrogen) atoms. The normalized spacial score (nSPS) is 10.8. The maximum absolute atomic E-state index is 12.4. The standard InChI is InChI=1S/C28H31BrN6O3S/c1-3-37-25-16-21(24(29)17-26(25)38-19-27(36)31-22-12-10-20(2)11-13-22)18-30-14-7-15-39-28-32-33-34-35(28)23-8-5-4-6-9-23/h4-6,8-13,16-17,30H,3,7,14-15,18-19H2,1-2H3,(H,31,36). The Hall–Kier alpha value is -3.41. The quantitative estimate of drug-likeness (QED) is 0.144. The van der Waals surface area contributed by atoms with Crippen molar-refractivity contribution in [3.05, 3.63) is 82.3 Å². The summed E-state index contributed by atoms with van der Waals surface area (Å²) in [7, 11) is 0. The van der Waals surface area contributed by atoms with E-state index in [2.05, 4.69) is 42.1 Å². The van der Waals surface area contributed by atoms with Crippen LogP contribution in [-0.2, 0) is 11.3 Å². The van der Waals surface area contributed by atoms with Crippen LogP contribution in [0.25, 0.3) is 5.69 Å². The van der Waals surface area contributed by atoms with Gasteiger partial charge in [0.25, 0.3) is 5.91 Å². The maximum Gasteiger partial charge on any atom is 0.262 e. The van der Waals surface area contributed by atoms with Crippen molar-refractivity contribution in [2.75, 3.05) is 30.8 Å². The highest BCUT2D eigenvalue weighted by atomic mass is 79.9. The zero-order valence-corrected chi connectivity index (χ0v) is 24.3. The molecule has 0 radical (unpaired) electrons. The molecule has 11 heteroatoms. The number of thioether (sulfide) groups is 1. The van der Waals surface area contributed by atoms with Gasteiger partial charge in [0.15, 0.2) is 18.1 Å². The van der Waals surface area contributed by atoms with Crippen LogP contribution in [0, 0.1) is 6.92 Å². The van der Waals surface area contributed by atoms with Crippen LogP contribution in [0.15, 0.2) is 76.4 Å². The highest BCUT2D eigenvalue weighted by molar-refractivity contribution is 9.10. The minimum atomic E-state index is -0.237. The Morgan fingerprint density at radius 2 is 1.82 bits per heavy atom. The van der Waals surface area contributed by atoms with Crippen LogP contribution in [0.5, 0.6) is 11.5 Å². The monoisotopic (exact) mass is 610 g/mol. The van der Waals surface area contributed by atoms with Gasteiger partial charge in [0, 0.05) is 22.5 Å².